The summed E-state index contributed by atoms with van der Waals surface area (Å²) in [7, 11) is 0. The summed E-state index contributed by atoms with van der Waals surface area (Å²) in [5, 5.41) is 3.24. The molecule has 1 atom stereocenters. The van der Waals surface area contributed by atoms with E-state index in [1.54, 1.807) is 0 Å². The number of alkyl halides is 1. The Morgan fingerprint density at radius 1 is 1.40 bits per heavy atom. The molecule has 15 heavy (non-hydrogen) atoms. The molecule has 1 aromatic rings. The van der Waals surface area contributed by atoms with E-state index in [1.165, 1.54) is 12.1 Å². The van der Waals surface area contributed by atoms with Crippen molar-refractivity contribution in [2.45, 2.75) is 18.5 Å². The van der Waals surface area contributed by atoms with E-state index in [1.807, 2.05) is 0 Å². The Kier molecular flexibility index (Phi) is 2.94. The molecular weight excluding hydrogens is 220 g/mol. The van der Waals surface area contributed by atoms with E-state index in [0.717, 1.165) is 19.0 Å². The number of hydrogen-bond donors (Lipinski definition) is 1. The molecular formula is C11H12ClF2N. The van der Waals surface area contributed by atoms with Crippen molar-refractivity contribution < 1.29 is 8.78 Å². The highest BCUT2D eigenvalue weighted by Gasteiger charge is 2.35. The van der Waals surface area contributed by atoms with Gasteiger partial charge in [0.2, 0.25) is 0 Å². The van der Waals surface area contributed by atoms with Crippen LogP contribution in [0.2, 0.25) is 5.02 Å². The van der Waals surface area contributed by atoms with Gasteiger partial charge in [-0.05, 0) is 31.5 Å². The van der Waals surface area contributed by atoms with Crippen molar-refractivity contribution in [3.63, 3.8) is 0 Å². The standard InChI is InChI=1S/C11H12ClF2N/c12-8-2-3-9(10(13)6-8)11(14)4-1-5-15-7-11/h2-3,6,15H,1,4-5,7H2. The maximum atomic E-state index is 14.4. The molecule has 0 aliphatic carbocycles. The first-order valence-electron chi connectivity index (χ1n) is 4.97. The van der Waals surface area contributed by atoms with Crippen LogP contribution >= 0.6 is 11.6 Å². The van der Waals surface area contributed by atoms with Gasteiger partial charge in [-0.25, -0.2) is 8.78 Å². The summed E-state index contributed by atoms with van der Waals surface area (Å²) < 4.78 is 27.9. The first-order chi connectivity index (χ1) is 7.12. The van der Waals surface area contributed by atoms with Gasteiger partial charge in [-0.3, -0.25) is 0 Å². The highest BCUT2D eigenvalue weighted by atomic mass is 35.5. The highest BCUT2D eigenvalue weighted by molar-refractivity contribution is 6.30. The van der Waals surface area contributed by atoms with Gasteiger partial charge in [-0.1, -0.05) is 17.7 Å². The second-order valence-electron chi connectivity index (χ2n) is 3.87. The van der Waals surface area contributed by atoms with Gasteiger partial charge in [0, 0.05) is 17.1 Å². The Bertz CT molecular complexity index is 362. The Balaban J connectivity index is 2.35. The second kappa shape index (κ2) is 4.06. The van der Waals surface area contributed by atoms with Crippen molar-refractivity contribution in [3.05, 3.63) is 34.6 Å². The van der Waals surface area contributed by atoms with Crippen molar-refractivity contribution in [2.24, 2.45) is 0 Å². The van der Waals surface area contributed by atoms with Crippen molar-refractivity contribution in [1.82, 2.24) is 5.32 Å². The molecule has 2 rings (SSSR count). The molecule has 1 N–H and O–H groups in total. The quantitative estimate of drug-likeness (QED) is 0.784. The van der Waals surface area contributed by atoms with Crippen LogP contribution in [-0.4, -0.2) is 13.1 Å². The minimum absolute atomic E-state index is 0.110. The minimum atomic E-state index is -1.59. The van der Waals surface area contributed by atoms with Gasteiger partial charge in [0.05, 0.1) is 0 Å². The average Bonchev–Trinajstić information content (AvgIpc) is 2.18. The zero-order valence-electron chi connectivity index (χ0n) is 8.19. The summed E-state index contributed by atoms with van der Waals surface area (Å²) in [6, 6.07) is 4.12. The summed E-state index contributed by atoms with van der Waals surface area (Å²) in [5.41, 5.74) is -1.48. The molecule has 1 fully saturated rings. The number of nitrogens with one attached hydrogen (secondary N) is 1. The molecule has 1 heterocycles. The topological polar surface area (TPSA) is 12.0 Å². The Labute approximate surface area is 92.4 Å². The molecule has 1 saturated heterocycles. The first-order valence-corrected chi connectivity index (χ1v) is 5.35. The number of halogens is 3. The van der Waals surface area contributed by atoms with Gasteiger partial charge in [0.1, 0.15) is 5.82 Å². The molecule has 0 bridgehead atoms. The molecule has 4 heteroatoms. The lowest BCUT2D eigenvalue weighted by Crippen LogP contribution is -2.40. The van der Waals surface area contributed by atoms with Gasteiger partial charge < -0.3 is 5.32 Å². The number of rotatable bonds is 1. The largest absolute Gasteiger partial charge is 0.313 e. The Hall–Kier alpha value is -0.670. The van der Waals surface area contributed by atoms with E-state index >= 15 is 0 Å². The highest BCUT2D eigenvalue weighted by Crippen LogP contribution is 2.35. The van der Waals surface area contributed by atoms with Crippen LogP contribution < -0.4 is 5.32 Å². The van der Waals surface area contributed by atoms with Crippen LogP contribution in [0.5, 0.6) is 0 Å². The predicted molar refractivity (Wildman–Crippen MR) is 56.3 cm³/mol. The zero-order valence-corrected chi connectivity index (χ0v) is 8.95. The molecule has 1 unspecified atom stereocenters. The van der Waals surface area contributed by atoms with Crippen LogP contribution in [0.3, 0.4) is 0 Å². The summed E-state index contributed by atoms with van der Waals surface area (Å²) in [6.45, 7) is 0.965. The molecule has 1 aliphatic heterocycles. The van der Waals surface area contributed by atoms with E-state index in [0.29, 0.717) is 11.4 Å². The van der Waals surface area contributed by atoms with Gasteiger partial charge in [-0.15, -0.1) is 0 Å². The van der Waals surface area contributed by atoms with Crippen LogP contribution in [0, 0.1) is 5.82 Å². The van der Waals surface area contributed by atoms with E-state index in [4.69, 9.17) is 11.6 Å². The molecule has 0 radical (unpaired) electrons. The summed E-state index contributed by atoms with van der Waals surface area (Å²) in [5.74, 6) is -0.561. The smallest absolute Gasteiger partial charge is 0.151 e. The summed E-state index contributed by atoms with van der Waals surface area (Å²) in [4.78, 5) is 0. The minimum Gasteiger partial charge on any atom is -0.313 e. The molecule has 1 aromatic carbocycles. The van der Waals surface area contributed by atoms with Crippen molar-refractivity contribution >= 4 is 11.6 Å². The lowest BCUT2D eigenvalue weighted by atomic mass is 9.88. The van der Waals surface area contributed by atoms with E-state index in [9.17, 15) is 8.78 Å². The fourth-order valence-corrected chi connectivity index (χ4v) is 2.11. The average molecular weight is 232 g/mol. The molecule has 0 aromatic heterocycles. The maximum Gasteiger partial charge on any atom is 0.151 e. The normalized spacial score (nSPS) is 26.6. The SMILES string of the molecule is Fc1cc(Cl)ccc1C1(F)CCCNC1. The molecule has 0 saturated carbocycles. The van der Waals surface area contributed by atoms with Crippen LogP contribution in [0.25, 0.3) is 0 Å². The monoisotopic (exact) mass is 231 g/mol. The molecule has 0 amide bonds. The number of piperidine rings is 1. The van der Waals surface area contributed by atoms with Gasteiger partial charge >= 0.3 is 0 Å². The lowest BCUT2D eigenvalue weighted by molar-refractivity contribution is 0.117. The van der Waals surface area contributed by atoms with Crippen LogP contribution in [0.4, 0.5) is 8.78 Å². The molecule has 1 aliphatic rings. The summed E-state index contributed by atoms with van der Waals surface area (Å²) in [6.07, 6.45) is 1.08. The van der Waals surface area contributed by atoms with Gasteiger partial charge in [-0.2, -0.15) is 0 Å². The number of benzene rings is 1. The van der Waals surface area contributed by atoms with Gasteiger partial charge in [0.25, 0.3) is 0 Å². The predicted octanol–water partition coefficient (Wildman–Crippen LogP) is 3.03. The molecule has 82 valence electrons. The Morgan fingerprint density at radius 2 is 2.20 bits per heavy atom. The van der Waals surface area contributed by atoms with Crippen LogP contribution in [0.15, 0.2) is 18.2 Å². The first kappa shape index (κ1) is 10.8. The van der Waals surface area contributed by atoms with Gasteiger partial charge in [0.15, 0.2) is 5.67 Å². The molecule has 0 spiro atoms. The summed E-state index contributed by atoms with van der Waals surface area (Å²) >= 11 is 5.62. The van der Waals surface area contributed by atoms with E-state index < -0.39 is 11.5 Å². The fraction of sp³-hybridized carbons (Fsp3) is 0.455. The van der Waals surface area contributed by atoms with Crippen molar-refractivity contribution in [3.8, 4) is 0 Å². The van der Waals surface area contributed by atoms with E-state index in [2.05, 4.69) is 5.32 Å². The Morgan fingerprint density at radius 3 is 2.80 bits per heavy atom. The molecule has 1 nitrogen and oxygen atoms in total. The zero-order chi connectivity index (χ0) is 10.9. The van der Waals surface area contributed by atoms with Crippen LogP contribution in [0.1, 0.15) is 18.4 Å². The van der Waals surface area contributed by atoms with Crippen LogP contribution in [-0.2, 0) is 5.67 Å². The third kappa shape index (κ3) is 2.13. The number of hydrogen-bond acceptors (Lipinski definition) is 1. The van der Waals surface area contributed by atoms with E-state index in [-0.39, 0.29) is 12.1 Å². The lowest BCUT2D eigenvalue weighted by Gasteiger charge is -2.30. The van der Waals surface area contributed by atoms with Crippen molar-refractivity contribution in [1.29, 1.82) is 0 Å². The third-order valence-corrected chi connectivity index (χ3v) is 2.98. The second-order valence-corrected chi connectivity index (χ2v) is 4.31. The third-order valence-electron chi connectivity index (χ3n) is 2.75. The maximum absolute atomic E-state index is 14.4. The van der Waals surface area contributed by atoms with Crippen molar-refractivity contribution in [2.75, 3.05) is 13.1 Å². The fourth-order valence-electron chi connectivity index (χ4n) is 1.95.